The van der Waals surface area contributed by atoms with Gasteiger partial charge >= 0.3 is 0 Å². The Balaban J connectivity index is 1.65. The van der Waals surface area contributed by atoms with Crippen LogP contribution in [-0.4, -0.2) is 44.9 Å². The van der Waals surface area contributed by atoms with Crippen LogP contribution in [0.3, 0.4) is 0 Å². The minimum Gasteiger partial charge on any atom is -0.349 e. The third kappa shape index (κ3) is 5.88. The van der Waals surface area contributed by atoms with Gasteiger partial charge in [-0.05, 0) is 62.2 Å². The summed E-state index contributed by atoms with van der Waals surface area (Å²) in [5, 5.41) is 3.48. The molecular weight excluding hydrogens is 445 g/mol. The maximum absolute atomic E-state index is 12.7. The number of carbonyl (C=O) groups is 1. The average molecular weight is 470 g/mol. The summed E-state index contributed by atoms with van der Waals surface area (Å²) in [6.45, 7) is 5.20. The van der Waals surface area contributed by atoms with Gasteiger partial charge < -0.3 is 10.2 Å². The average Bonchev–Trinajstić information content (AvgIpc) is 2.71. The van der Waals surface area contributed by atoms with Crippen molar-refractivity contribution in [2.75, 3.05) is 24.4 Å². The molecule has 30 heavy (non-hydrogen) atoms. The van der Waals surface area contributed by atoms with Crippen LogP contribution in [0.5, 0.6) is 0 Å². The van der Waals surface area contributed by atoms with Crippen LogP contribution in [0.1, 0.15) is 36.5 Å². The monoisotopic (exact) mass is 469 g/mol. The van der Waals surface area contributed by atoms with E-state index in [1.165, 1.54) is 24.3 Å². The highest BCUT2D eigenvalue weighted by Gasteiger charge is 2.21. The normalized spacial score (nSPS) is 15.7. The lowest BCUT2D eigenvalue weighted by atomic mass is 10.0. The SMILES string of the molecule is CCCN1CCC(NC(=O)c2cccc(NS(=O)(=O)c3ccc(Cl)c(Cl)c3)c2)CC1. The molecule has 1 aliphatic heterocycles. The van der Waals surface area contributed by atoms with Crippen LogP contribution in [0.25, 0.3) is 0 Å². The van der Waals surface area contributed by atoms with E-state index < -0.39 is 10.0 Å². The molecule has 9 heteroatoms. The van der Waals surface area contributed by atoms with E-state index in [-0.39, 0.29) is 26.9 Å². The summed E-state index contributed by atoms with van der Waals surface area (Å²) in [6.07, 6.45) is 2.95. The maximum Gasteiger partial charge on any atom is 0.261 e. The summed E-state index contributed by atoms with van der Waals surface area (Å²) in [6, 6.07) is 10.6. The molecule has 0 atom stereocenters. The van der Waals surface area contributed by atoms with Gasteiger partial charge in [0.15, 0.2) is 0 Å². The summed E-state index contributed by atoms with van der Waals surface area (Å²) in [4.78, 5) is 15.1. The van der Waals surface area contributed by atoms with E-state index in [0.717, 1.165) is 38.9 Å². The first-order chi connectivity index (χ1) is 14.3. The fraction of sp³-hybridized carbons (Fsp3) is 0.381. The maximum atomic E-state index is 12.7. The number of amides is 1. The number of nitrogens with zero attached hydrogens (tertiary/aromatic N) is 1. The highest BCUT2D eigenvalue weighted by molar-refractivity contribution is 7.92. The van der Waals surface area contributed by atoms with Crippen molar-refractivity contribution in [3.8, 4) is 0 Å². The second kappa shape index (κ2) is 10.0. The van der Waals surface area contributed by atoms with E-state index in [9.17, 15) is 13.2 Å². The van der Waals surface area contributed by atoms with Gasteiger partial charge in [-0.1, -0.05) is 36.2 Å². The minimum atomic E-state index is -3.86. The summed E-state index contributed by atoms with van der Waals surface area (Å²) in [7, 11) is -3.86. The number of rotatable bonds is 7. The van der Waals surface area contributed by atoms with Gasteiger partial charge in [0.1, 0.15) is 0 Å². The Morgan fingerprint density at radius 3 is 2.50 bits per heavy atom. The molecule has 0 spiro atoms. The Labute approximate surface area is 187 Å². The zero-order valence-electron chi connectivity index (χ0n) is 16.7. The zero-order chi connectivity index (χ0) is 21.7. The molecule has 0 saturated carbocycles. The number of hydrogen-bond acceptors (Lipinski definition) is 4. The lowest BCUT2D eigenvalue weighted by molar-refractivity contribution is 0.0911. The second-order valence-corrected chi connectivity index (χ2v) is 9.85. The van der Waals surface area contributed by atoms with Crippen LogP contribution >= 0.6 is 23.2 Å². The minimum absolute atomic E-state index is 0.00871. The fourth-order valence-electron chi connectivity index (χ4n) is 3.47. The highest BCUT2D eigenvalue weighted by Crippen LogP contribution is 2.26. The Morgan fingerprint density at radius 2 is 1.83 bits per heavy atom. The number of nitrogens with one attached hydrogen (secondary N) is 2. The lowest BCUT2D eigenvalue weighted by Gasteiger charge is -2.32. The summed E-state index contributed by atoms with van der Waals surface area (Å²) < 4.78 is 27.7. The Kier molecular flexibility index (Phi) is 7.63. The van der Waals surface area contributed by atoms with Crippen molar-refractivity contribution in [3.63, 3.8) is 0 Å². The van der Waals surface area contributed by atoms with Crippen LogP contribution in [0, 0.1) is 0 Å². The molecular formula is C21H25Cl2N3O3S. The standard InChI is InChI=1S/C21H25Cl2N3O3S/c1-2-10-26-11-8-16(9-12-26)24-21(27)15-4-3-5-17(13-15)25-30(28,29)18-6-7-19(22)20(23)14-18/h3-7,13-14,16,25H,2,8-12H2,1H3,(H,24,27). The predicted octanol–water partition coefficient (Wildman–Crippen LogP) is 4.40. The molecule has 1 heterocycles. The van der Waals surface area contributed by atoms with E-state index in [2.05, 4.69) is 21.9 Å². The van der Waals surface area contributed by atoms with Gasteiger partial charge in [-0.15, -0.1) is 0 Å². The molecule has 3 rings (SSSR count). The van der Waals surface area contributed by atoms with Crippen molar-refractivity contribution >= 4 is 44.8 Å². The van der Waals surface area contributed by atoms with Crippen LogP contribution in [0.2, 0.25) is 10.0 Å². The molecule has 1 saturated heterocycles. The largest absolute Gasteiger partial charge is 0.349 e. The topological polar surface area (TPSA) is 78.5 Å². The summed E-state index contributed by atoms with van der Waals surface area (Å²) in [5.74, 6) is -0.209. The molecule has 2 aromatic rings. The van der Waals surface area contributed by atoms with E-state index in [4.69, 9.17) is 23.2 Å². The van der Waals surface area contributed by atoms with Crippen LogP contribution < -0.4 is 10.0 Å². The fourth-order valence-corrected chi connectivity index (χ4v) is 4.91. The molecule has 6 nitrogen and oxygen atoms in total. The number of piperidine rings is 1. The molecule has 0 radical (unpaired) electrons. The number of anilines is 1. The van der Waals surface area contributed by atoms with Crippen molar-refractivity contribution in [3.05, 3.63) is 58.1 Å². The third-order valence-electron chi connectivity index (χ3n) is 5.04. The summed E-state index contributed by atoms with van der Waals surface area (Å²) >= 11 is 11.8. The number of likely N-dealkylation sites (tertiary alicyclic amines) is 1. The first kappa shape index (κ1) is 22.9. The molecule has 1 fully saturated rings. The molecule has 2 N–H and O–H groups in total. The smallest absolute Gasteiger partial charge is 0.261 e. The molecule has 0 aromatic heterocycles. The number of sulfonamides is 1. The van der Waals surface area contributed by atoms with Crippen molar-refractivity contribution in [2.24, 2.45) is 0 Å². The van der Waals surface area contributed by atoms with Gasteiger partial charge in [0.25, 0.3) is 15.9 Å². The van der Waals surface area contributed by atoms with E-state index >= 15 is 0 Å². The van der Waals surface area contributed by atoms with Crippen molar-refractivity contribution in [2.45, 2.75) is 37.1 Å². The van der Waals surface area contributed by atoms with E-state index in [1.54, 1.807) is 18.2 Å². The van der Waals surface area contributed by atoms with Gasteiger partial charge in [-0.3, -0.25) is 9.52 Å². The quantitative estimate of drug-likeness (QED) is 0.629. The molecule has 0 aliphatic carbocycles. The summed E-state index contributed by atoms with van der Waals surface area (Å²) in [5.41, 5.74) is 0.701. The number of benzene rings is 2. The van der Waals surface area contributed by atoms with Crippen molar-refractivity contribution < 1.29 is 13.2 Å². The van der Waals surface area contributed by atoms with Crippen molar-refractivity contribution in [1.29, 1.82) is 0 Å². The van der Waals surface area contributed by atoms with Crippen LogP contribution in [-0.2, 0) is 10.0 Å². The Bertz CT molecular complexity index is 1010. The van der Waals surface area contributed by atoms with Crippen LogP contribution in [0.15, 0.2) is 47.4 Å². The first-order valence-electron chi connectivity index (χ1n) is 9.89. The molecule has 0 bridgehead atoms. The number of halogens is 2. The number of hydrogen-bond donors (Lipinski definition) is 2. The molecule has 1 aliphatic rings. The first-order valence-corrected chi connectivity index (χ1v) is 12.1. The van der Waals surface area contributed by atoms with E-state index in [0.29, 0.717) is 11.3 Å². The zero-order valence-corrected chi connectivity index (χ0v) is 19.0. The molecule has 162 valence electrons. The molecule has 2 aromatic carbocycles. The van der Waals surface area contributed by atoms with Crippen molar-refractivity contribution in [1.82, 2.24) is 10.2 Å². The van der Waals surface area contributed by atoms with Gasteiger partial charge in [-0.2, -0.15) is 0 Å². The third-order valence-corrected chi connectivity index (χ3v) is 7.16. The highest BCUT2D eigenvalue weighted by atomic mass is 35.5. The van der Waals surface area contributed by atoms with E-state index in [1.807, 2.05) is 0 Å². The Hall–Kier alpha value is -1.80. The molecule has 0 unspecified atom stereocenters. The van der Waals surface area contributed by atoms with Gasteiger partial charge in [0, 0.05) is 30.4 Å². The molecule has 1 amide bonds. The lowest BCUT2D eigenvalue weighted by Crippen LogP contribution is -2.44. The second-order valence-electron chi connectivity index (χ2n) is 7.35. The van der Waals surface area contributed by atoms with Gasteiger partial charge in [-0.25, -0.2) is 8.42 Å². The van der Waals surface area contributed by atoms with Gasteiger partial charge in [0.2, 0.25) is 0 Å². The predicted molar refractivity (Wildman–Crippen MR) is 121 cm³/mol. The number of carbonyl (C=O) groups excluding carboxylic acids is 1. The van der Waals surface area contributed by atoms with Crippen LogP contribution in [0.4, 0.5) is 5.69 Å². The van der Waals surface area contributed by atoms with Gasteiger partial charge in [0.05, 0.1) is 14.9 Å². The Morgan fingerprint density at radius 1 is 1.10 bits per heavy atom.